The Kier molecular flexibility index (Phi) is 6.81. The quantitative estimate of drug-likeness (QED) is 0.399. The van der Waals surface area contributed by atoms with Crippen LogP contribution in [0.5, 0.6) is 0 Å². The summed E-state index contributed by atoms with van der Waals surface area (Å²) in [4.78, 5) is 10.1. The zero-order valence-corrected chi connectivity index (χ0v) is 7.74. The average Bonchev–Trinajstić information content (AvgIpc) is 1.65. The molecule has 0 aromatic carbocycles. The molecule has 0 fully saturated rings. The number of ether oxygens (including phenoxy) is 1. The Hall–Kier alpha value is -0.102. The van der Waals surface area contributed by atoms with E-state index in [0.717, 1.165) is 0 Å². The van der Waals surface area contributed by atoms with Crippen molar-refractivity contribution in [1.82, 2.24) is 0 Å². The van der Waals surface area contributed by atoms with Crippen LogP contribution in [0.25, 0.3) is 0 Å². The van der Waals surface area contributed by atoms with E-state index in [-0.39, 0.29) is 26.6 Å². The van der Waals surface area contributed by atoms with Gasteiger partial charge in [0.2, 0.25) is 0 Å². The molecule has 0 aliphatic carbocycles. The number of carbonyl (C=O) groups is 1. The van der Waals surface area contributed by atoms with Gasteiger partial charge in [-0.15, -0.1) is 5.57 Å². The monoisotopic (exact) mass is 283 g/mol. The third-order valence-electron chi connectivity index (χ3n) is 0.507. The molecule has 0 aliphatic rings. The topological polar surface area (TPSA) is 26.3 Å². The maximum atomic E-state index is 10.1. The van der Waals surface area contributed by atoms with Gasteiger partial charge in [0.15, 0.2) is 5.97 Å². The predicted molar refractivity (Wildman–Crippen MR) is 25.5 cm³/mol. The molecule has 0 bridgehead atoms. The van der Waals surface area contributed by atoms with Crippen LogP contribution in [-0.4, -0.2) is 13.1 Å². The molecule has 0 aromatic heterocycles. The minimum atomic E-state index is -0.458. The molecule has 0 N–H and O–H groups in total. The zero-order chi connectivity index (χ0) is 5.86. The Balaban J connectivity index is 0. The van der Waals surface area contributed by atoms with Crippen molar-refractivity contribution in [3.8, 4) is 0 Å². The largest absolute Gasteiger partial charge is 0.550 e. The Morgan fingerprint density at radius 2 is 2.00 bits per heavy atom. The molecule has 0 aromatic rings. The van der Waals surface area contributed by atoms with Crippen LogP contribution in [0.3, 0.4) is 0 Å². The van der Waals surface area contributed by atoms with Gasteiger partial charge in [-0.1, -0.05) is 6.92 Å². The van der Waals surface area contributed by atoms with E-state index in [1.165, 1.54) is 14.0 Å². The summed E-state index contributed by atoms with van der Waals surface area (Å²) in [6.45, 7) is 6.48. The first-order chi connectivity index (χ1) is 3.18. The minimum absolute atomic E-state index is 0. The number of carbonyl (C=O) groups excluding carboxylic acids is 1. The van der Waals surface area contributed by atoms with E-state index in [0.29, 0.717) is 0 Å². The van der Waals surface area contributed by atoms with Crippen molar-refractivity contribution in [3.05, 3.63) is 12.2 Å². The van der Waals surface area contributed by atoms with Gasteiger partial charge in [-0.3, -0.25) is 6.58 Å². The van der Waals surface area contributed by atoms with Crippen molar-refractivity contribution < 1.29 is 30.6 Å². The summed E-state index contributed by atoms with van der Waals surface area (Å²) in [6.07, 6.45) is 0. The summed E-state index contributed by atoms with van der Waals surface area (Å²) in [5, 5.41) is 0. The molecule has 0 saturated heterocycles. The fourth-order valence-corrected chi connectivity index (χ4v) is 0.161. The number of rotatable bonds is 1. The third-order valence-corrected chi connectivity index (χ3v) is 0.507. The van der Waals surface area contributed by atoms with Crippen molar-refractivity contribution in [2.75, 3.05) is 7.11 Å². The first-order valence-corrected chi connectivity index (χ1v) is 1.86. The second kappa shape index (κ2) is 5.04. The molecule has 0 spiro atoms. The Labute approximate surface area is 63.2 Å². The predicted octanol–water partition coefficient (Wildman–Crippen LogP) is 0.536. The van der Waals surface area contributed by atoms with Crippen LogP contribution in [0.15, 0.2) is 5.57 Å². The van der Waals surface area contributed by atoms with Gasteiger partial charge in [0.25, 0.3) is 0 Å². The van der Waals surface area contributed by atoms with Gasteiger partial charge >= 0.3 is 0 Å². The third kappa shape index (κ3) is 4.07. The molecular formula is C5H7O2W-. The summed E-state index contributed by atoms with van der Waals surface area (Å²) in [5.74, 6) is -0.458. The van der Waals surface area contributed by atoms with E-state index in [9.17, 15) is 4.79 Å². The Bertz CT molecular complexity index is 98.6. The summed E-state index contributed by atoms with van der Waals surface area (Å²) in [7, 11) is 1.29. The van der Waals surface area contributed by atoms with Crippen LogP contribution in [0.1, 0.15) is 6.92 Å². The number of methoxy groups -OCH3 is 1. The summed E-state index contributed by atoms with van der Waals surface area (Å²) in [5.41, 5.74) is 0.183. The standard InChI is InChI=1S/C5H7O2.W/c1-4(2)5(6)7-3;/h1H,2-3H3;/q-1;. The number of esters is 1. The first kappa shape index (κ1) is 10.8. The van der Waals surface area contributed by atoms with Crippen LogP contribution in [0.4, 0.5) is 0 Å². The molecule has 0 heterocycles. The normalized spacial score (nSPS) is 6.75. The van der Waals surface area contributed by atoms with Gasteiger partial charge < -0.3 is 9.53 Å². The molecule has 8 heavy (non-hydrogen) atoms. The Morgan fingerprint density at radius 1 is 1.62 bits per heavy atom. The smallest absolute Gasteiger partial charge is 0.170 e. The van der Waals surface area contributed by atoms with E-state index >= 15 is 0 Å². The van der Waals surface area contributed by atoms with Gasteiger partial charge in [0.05, 0.1) is 7.11 Å². The molecule has 0 saturated carbocycles. The van der Waals surface area contributed by atoms with Gasteiger partial charge in [-0.05, 0) is 0 Å². The molecule has 2 nitrogen and oxygen atoms in total. The van der Waals surface area contributed by atoms with Crippen LogP contribution < -0.4 is 0 Å². The van der Waals surface area contributed by atoms with E-state index in [4.69, 9.17) is 6.58 Å². The van der Waals surface area contributed by atoms with Crippen molar-refractivity contribution in [2.24, 2.45) is 0 Å². The molecular weight excluding hydrogens is 276 g/mol. The molecule has 0 aliphatic heterocycles. The average molecular weight is 283 g/mol. The molecule has 0 rings (SSSR count). The summed E-state index contributed by atoms with van der Waals surface area (Å²) < 4.78 is 4.21. The van der Waals surface area contributed by atoms with Crippen molar-refractivity contribution >= 4 is 5.97 Å². The van der Waals surface area contributed by atoms with Gasteiger partial charge in [-0.25, -0.2) is 0 Å². The SMILES string of the molecule is [CH-]=C(C)C(=O)OC.[W]. The van der Waals surface area contributed by atoms with Crippen molar-refractivity contribution in [1.29, 1.82) is 0 Å². The van der Waals surface area contributed by atoms with Crippen molar-refractivity contribution in [3.63, 3.8) is 0 Å². The van der Waals surface area contributed by atoms with E-state index in [1.54, 1.807) is 0 Å². The first-order valence-electron chi connectivity index (χ1n) is 1.86. The summed E-state index contributed by atoms with van der Waals surface area (Å²) >= 11 is 0. The number of hydrogen-bond acceptors (Lipinski definition) is 2. The van der Waals surface area contributed by atoms with Crippen LogP contribution in [0.2, 0.25) is 0 Å². The zero-order valence-electron chi connectivity index (χ0n) is 4.80. The van der Waals surface area contributed by atoms with Crippen LogP contribution in [0, 0.1) is 6.58 Å². The minimum Gasteiger partial charge on any atom is -0.550 e. The maximum Gasteiger partial charge on any atom is 0.170 e. The fraction of sp³-hybridized carbons (Fsp3) is 0.400. The molecule has 0 unspecified atom stereocenters. The van der Waals surface area contributed by atoms with E-state index < -0.39 is 5.97 Å². The molecule has 3 heteroatoms. The number of hydrogen-bond donors (Lipinski definition) is 0. The Morgan fingerprint density at radius 3 is 2.00 bits per heavy atom. The van der Waals surface area contributed by atoms with Crippen LogP contribution in [-0.2, 0) is 30.6 Å². The molecule has 46 valence electrons. The second-order valence-corrected chi connectivity index (χ2v) is 1.17. The fourth-order valence-electron chi connectivity index (χ4n) is 0.161. The van der Waals surface area contributed by atoms with Crippen LogP contribution >= 0.6 is 0 Å². The molecule has 0 radical (unpaired) electrons. The van der Waals surface area contributed by atoms with Crippen molar-refractivity contribution in [2.45, 2.75) is 6.92 Å². The maximum absolute atomic E-state index is 10.1. The summed E-state index contributed by atoms with van der Waals surface area (Å²) in [6, 6.07) is 0. The molecule has 0 atom stereocenters. The van der Waals surface area contributed by atoms with Gasteiger partial charge in [0.1, 0.15) is 0 Å². The van der Waals surface area contributed by atoms with E-state index in [2.05, 4.69) is 4.74 Å². The molecule has 0 amide bonds. The second-order valence-electron chi connectivity index (χ2n) is 1.17. The van der Waals surface area contributed by atoms with E-state index in [1.807, 2.05) is 0 Å². The van der Waals surface area contributed by atoms with Gasteiger partial charge in [-0.2, -0.15) is 0 Å². The van der Waals surface area contributed by atoms with Gasteiger partial charge in [0, 0.05) is 21.1 Å².